The molecule has 0 heterocycles. The topological polar surface area (TPSA) is 9.23 Å². The molecule has 0 aliphatic heterocycles. The van der Waals surface area contributed by atoms with Gasteiger partial charge < -0.3 is 4.74 Å². The minimum atomic E-state index is -0.733. The van der Waals surface area contributed by atoms with Gasteiger partial charge in [0.05, 0.1) is 0 Å². The van der Waals surface area contributed by atoms with E-state index in [0.29, 0.717) is 8.55 Å². The molecule has 0 aliphatic carbocycles. The van der Waals surface area contributed by atoms with Crippen LogP contribution in [0.25, 0.3) is 0 Å². The Balaban J connectivity index is 4.17. The third-order valence-electron chi connectivity index (χ3n) is 3.08. The molecular formula is C13H29AlO. The van der Waals surface area contributed by atoms with Crippen LogP contribution >= 0.6 is 0 Å². The van der Waals surface area contributed by atoms with Gasteiger partial charge in [0, 0.05) is 13.2 Å². The summed E-state index contributed by atoms with van der Waals surface area (Å²) in [5, 5.41) is 1.41. The Bertz CT molecular complexity index is 150. The predicted molar refractivity (Wildman–Crippen MR) is 71.1 cm³/mol. The summed E-state index contributed by atoms with van der Waals surface area (Å²) < 4.78 is 6.50. The highest BCUT2D eigenvalue weighted by Gasteiger charge is 2.39. The first-order valence-electron chi connectivity index (χ1n) is 6.27. The van der Waals surface area contributed by atoms with Crippen molar-refractivity contribution >= 4 is 14.1 Å². The number of hydrogen-bond donors (Lipinski definition) is 0. The average molecular weight is 228 g/mol. The molecule has 0 atom stereocenters. The zero-order valence-corrected chi connectivity index (χ0v) is 13.0. The van der Waals surface area contributed by atoms with Crippen LogP contribution < -0.4 is 0 Å². The van der Waals surface area contributed by atoms with E-state index in [0.717, 1.165) is 13.2 Å². The summed E-state index contributed by atoms with van der Waals surface area (Å²) in [6, 6.07) is 0. The van der Waals surface area contributed by atoms with Gasteiger partial charge in [0.1, 0.15) is 0 Å². The van der Waals surface area contributed by atoms with E-state index < -0.39 is 14.1 Å². The summed E-state index contributed by atoms with van der Waals surface area (Å²) in [5.74, 6) is 0. The second-order valence-electron chi connectivity index (χ2n) is 6.62. The molecule has 0 spiro atoms. The molecule has 1 nitrogen and oxygen atoms in total. The first-order chi connectivity index (χ1) is 6.69. The Morgan fingerprint density at radius 1 is 0.933 bits per heavy atom. The van der Waals surface area contributed by atoms with Crippen LogP contribution in [-0.4, -0.2) is 27.4 Å². The maximum absolute atomic E-state index is 5.43. The fourth-order valence-electron chi connectivity index (χ4n) is 2.70. The van der Waals surface area contributed by atoms with Crippen molar-refractivity contribution in [2.75, 3.05) is 13.2 Å². The van der Waals surface area contributed by atoms with Crippen molar-refractivity contribution in [3.8, 4) is 0 Å². The van der Waals surface area contributed by atoms with E-state index in [1.54, 1.807) is 0 Å². The van der Waals surface area contributed by atoms with Crippen molar-refractivity contribution in [2.24, 2.45) is 0 Å². The molecule has 0 N–H and O–H groups in total. The van der Waals surface area contributed by atoms with Crippen molar-refractivity contribution in [2.45, 2.75) is 68.7 Å². The van der Waals surface area contributed by atoms with Crippen LogP contribution in [0.1, 0.15) is 54.9 Å². The summed E-state index contributed by atoms with van der Waals surface area (Å²) in [7, 11) is 0. The van der Waals surface area contributed by atoms with Crippen LogP contribution in [0.15, 0.2) is 0 Å². The second kappa shape index (κ2) is 6.28. The lowest BCUT2D eigenvalue weighted by Gasteiger charge is -2.36. The molecule has 0 aliphatic rings. The van der Waals surface area contributed by atoms with E-state index in [-0.39, 0.29) is 0 Å². The normalized spacial score (nSPS) is 13.0. The highest BCUT2D eigenvalue weighted by molar-refractivity contribution is 6.65. The number of ether oxygens (including phenoxy) is 1. The van der Waals surface area contributed by atoms with Gasteiger partial charge in [-0.3, -0.25) is 0 Å². The SMILES string of the molecule is CCOCC[CH2][Al]([C](C)(C)C)[C](C)(C)C. The molecule has 0 unspecified atom stereocenters. The molecule has 0 fully saturated rings. The first-order valence-corrected chi connectivity index (χ1v) is 8.24. The molecule has 0 amide bonds. The molecule has 15 heavy (non-hydrogen) atoms. The maximum atomic E-state index is 5.43. The molecule has 90 valence electrons. The van der Waals surface area contributed by atoms with Crippen molar-refractivity contribution in [3.05, 3.63) is 0 Å². The first kappa shape index (κ1) is 15.5. The summed E-state index contributed by atoms with van der Waals surface area (Å²) >= 11 is -0.733. The lowest BCUT2D eigenvalue weighted by atomic mass is 10.2. The molecule has 0 bridgehead atoms. The van der Waals surface area contributed by atoms with Crippen LogP contribution in [0.5, 0.6) is 0 Å². The monoisotopic (exact) mass is 228 g/mol. The average Bonchev–Trinajstić information content (AvgIpc) is 1.99. The molecule has 0 aromatic carbocycles. The number of rotatable bonds is 5. The van der Waals surface area contributed by atoms with Crippen LogP contribution in [0.4, 0.5) is 0 Å². The molecule has 0 saturated carbocycles. The smallest absolute Gasteiger partial charge is 0.274 e. The predicted octanol–water partition coefficient (Wildman–Crippen LogP) is 4.51. The van der Waals surface area contributed by atoms with Gasteiger partial charge in [-0.1, -0.05) is 55.4 Å². The van der Waals surface area contributed by atoms with Crippen LogP contribution in [0.3, 0.4) is 0 Å². The minimum Gasteiger partial charge on any atom is -0.382 e. The molecule has 0 rings (SSSR count). The number of hydrogen-bond acceptors (Lipinski definition) is 1. The van der Waals surface area contributed by atoms with Gasteiger partial charge in [-0.05, 0) is 13.3 Å². The summed E-state index contributed by atoms with van der Waals surface area (Å²) in [5.41, 5.74) is 0. The minimum absolute atomic E-state index is 0.532. The maximum Gasteiger partial charge on any atom is 0.274 e. The highest BCUT2D eigenvalue weighted by atomic mass is 27.2. The van der Waals surface area contributed by atoms with Gasteiger partial charge in [-0.25, -0.2) is 0 Å². The molecule has 0 saturated heterocycles. The van der Waals surface area contributed by atoms with Crippen LogP contribution in [-0.2, 0) is 4.74 Å². The second-order valence-corrected chi connectivity index (χ2v) is 11.8. The van der Waals surface area contributed by atoms with Gasteiger partial charge >= 0.3 is 0 Å². The summed E-state index contributed by atoms with van der Waals surface area (Å²) in [6.07, 6.45) is 1.25. The van der Waals surface area contributed by atoms with E-state index in [4.69, 9.17) is 4.74 Å². The molecular weight excluding hydrogens is 199 g/mol. The van der Waals surface area contributed by atoms with Gasteiger partial charge in [-0.2, -0.15) is 0 Å². The fraction of sp³-hybridized carbons (Fsp3) is 1.00. The van der Waals surface area contributed by atoms with Gasteiger partial charge in [0.15, 0.2) is 0 Å². The van der Waals surface area contributed by atoms with E-state index >= 15 is 0 Å². The quantitative estimate of drug-likeness (QED) is 0.497. The summed E-state index contributed by atoms with van der Waals surface area (Å²) in [4.78, 5) is 0. The standard InChI is InChI=1S/C5H11O.2C4H9.Al/c1-3-5-6-4-2;2*1-4(2)3;/h1,3-5H2,2H3;2*1-3H3;. The van der Waals surface area contributed by atoms with Crippen molar-refractivity contribution in [1.82, 2.24) is 0 Å². The highest BCUT2D eigenvalue weighted by Crippen LogP contribution is 2.44. The molecule has 0 radical (unpaired) electrons. The van der Waals surface area contributed by atoms with Crippen LogP contribution in [0.2, 0.25) is 13.8 Å². The van der Waals surface area contributed by atoms with Crippen molar-refractivity contribution in [3.63, 3.8) is 0 Å². The fourth-order valence-corrected chi connectivity index (χ4v) is 7.60. The van der Waals surface area contributed by atoms with E-state index in [1.807, 2.05) is 0 Å². The lowest BCUT2D eigenvalue weighted by Crippen LogP contribution is -2.35. The molecule has 0 aromatic rings. The van der Waals surface area contributed by atoms with E-state index in [2.05, 4.69) is 48.5 Å². The van der Waals surface area contributed by atoms with E-state index in [9.17, 15) is 0 Å². The van der Waals surface area contributed by atoms with Crippen molar-refractivity contribution < 1.29 is 4.74 Å². The Labute approximate surface area is 101 Å². The Morgan fingerprint density at radius 2 is 1.40 bits per heavy atom. The van der Waals surface area contributed by atoms with Gasteiger partial charge in [0.2, 0.25) is 0 Å². The lowest BCUT2D eigenvalue weighted by molar-refractivity contribution is 0.148. The van der Waals surface area contributed by atoms with Crippen molar-refractivity contribution in [1.29, 1.82) is 0 Å². The van der Waals surface area contributed by atoms with Gasteiger partial charge in [-0.15, -0.1) is 0 Å². The third-order valence-corrected chi connectivity index (χ3v) is 8.24. The zero-order chi connectivity index (χ0) is 12.1. The summed E-state index contributed by atoms with van der Waals surface area (Å²) in [6.45, 7) is 18.4. The van der Waals surface area contributed by atoms with E-state index in [1.165, 1.54) is 11.7 Å². The third kappa shape index (κ3) is 6.61. The molecule has 2 heteroatoms. The molecule has 0 aromatic heterocycles. The Kier molecular flexibility index (Phi) is 6.49. The van der Waals surface area contributed by atoms with Crippen LogP contribution in [0, 0.1) is 0 Å². The zero-order valence-electron chi connectivity index (χ0n) is 11.8. The van der Waals surface area contributed by atoms with Gasteiger partial charge in [0.25, 0.3) is 14.1 Å². The Hall–Kier alpha value is 0.492. The largest absolute Gasteiger partial charge is 0.382 e. The Morgan fingerprint density at radius 3 is 1.73 bits per heavy atom.